The number of hydrogen-bond donors (Lipinski definition) is 0. The van der Waals surface area contributed by atoms with Crippen molar-refractivity contribution in [2.45, 2.75) is 6.61 Å². The Morgan fingerprint density at radius 2 is 2.24 bits per heavy atom. The number of hydrogen-bond acceptors (Lipinski definition) is 4. The van der Waals surface area contributed by atoms with Gasteiger partial charge >= 0.3 is 5.69 Å². The molecule has 0 N–H and O–H groups in total. The van der Waals surface area contributed by atoms with Crippen LogP contribution in [0.3, 0.4) is 0 Å². The summed E-state index contributed by atoms with van der Waals surface area (Å²) in [5, 5.41) is 14.2. The third-order valence-corrected chi connectivity index (χ3v) is 2.83. The number of nitro benzene ring substituents is 1. The van der Waals surface area contributed by atoms with E-state index < -0.39 is 16.4 Å². The van der Waals surface area contributed by atoms with Crippen LogP contribution in [0.5, 0.6) is 5.75 Å². The molecule has 0 aliphatic carbocycles. The highest BCUT2D eigenvalue weighted by Gasteiger charge is 2.14. The topological polar surface area (TPSA) is 52.4 Å². The Labute approximate surface area is 100 Å². The molecule has 0 saturated carbocycles. The molecule has 6 heteroatoms. The summed E-state index contributed by atoms with van der Waals surface area (Å²) in [6.45, 7) is 0.320. The molecule has 17 heavy (non-hydrogen) atoms. The number of benzene rings is 1. The van der Waals surface area contributed by atoms with E-state index in [0.29, 0.717) is 6.61 Å². The van der Waals surface area contributed by atoms with Crippen molar-refractivity contribution in [3.8, 4) is 5.75 Å². The molecule has 0 saturated heterocycles. The molecule has 0 bridgehead atoms. The Kier molecular flexibility index (Phi) is 3.34. The molecule has 0 radical (unpaired) electrons. The molecule has 4 nitrogen and oxygen atoms in total. The summed E-state index contributed by atoms with van der Waals surface area (Å²) in [6.07, 6.45) is 0. The van der Waals surface area contributed by atoms with E-state index in [2.05, 4.69) is 0 Å². The lowest BCUT2D eigenvalue weighted by molar-refractivity contribution is -0.387. The zero-order chi connectivity index (χ0) is 12.3. The highest BCUT2D eigenvalue weighted by atomic mass is 32.1. The number of ether oxygens (including phenoxy) is 1. The molecular formula is C11H8FNO3S. The first-order valence-corrected chi connectivity index (χ1v) is 5.69. The summed E-state index contributed by atoms with van der Waals surface area (Å²) in [6, 6.07) is 5.39. The maximum Gasteiger partial charge on any atom is 0.305 e. The predicted molar refractivity (Wildman–Crippen MR) is 61.7 cm³/mol. The fourth-order valence-electron chi connectivity index (χ4n) is 1.27. The van der Waals surface area contributed by atoms with Gasteiger partial charge in [0, 0.05) is 12.1 Å². The van der Waals surface area contributed by atoms with Crippen molar-refractivity contribution in [2.75, 3.05) is 0 Å². The minimum atomic E-state index is -0.891. The van der Waals surface area contributed by atoms with Gasteiger partial charge in [0.05, 0.1) is 4.92 Å². The van der Waals surface area contributed by atoms with Crippen molar-refractivity contribution in [3.63, 3.8) is 0 Å². The second-order valence-electron chi connectivity index (χ2n) is 3.29. The van der Waals surface area contributed by atoms with Gasteiger partial charge in [0.15, 0.2) is 0 Å². The predicted octanol–water partition coefficient (Wildman–Crippen LogP) is 3.37. The number of halogens is 1. The van der Waals surface area contributed by atoms with Gasteiger partial charge in [0.25, 0.3) is 0 Å². The minimum Gasteiger partial charge on any atom is -0.489 e. The quantitative estimate of drug-likeness (QED) is 0.620. The standard InChI is InChI=1S/C11H8FNO3S/c12-10-5-9(1-2-11(10)13(14)15)16-6-8-3-4-17-7-8/h1-5,7H,6H2. The normalized spacial score (nSPS) is 10.2. The van der Waals surface area contributed by atoms with Crippen molar-refractivity contribution in [3.05, 3.63) is 56.5 Å². The van der Waals surface area contributed by atoms with Gasteiger partial charge in [-0.05, 0) is 28.5 Å². The maximum absolute atomic E-state index is 13.2. The molecule has 0 amide bonds. The highest BCUT2D eigenvalue weighted by molar-refractivity contribution is 7.07. The molecular weight excluding hydrogens is 245 g/mol. The molecule has 0 atom stereocenters. The summed E-state index contributed by atoms with van der Waals surface area (Å²) in [4.78, 5) is 9.64. The van der Waals surface area contributed by atoms with Crippen LogP contribution in [0.25, 0.3) is 0 Å². The fraction of sp³-hybridized carbons (Fsp3) is 0.0909. The van der Waals surface area contributed by atoms with Crippen LogP contribution in [0, 0.1) is 15.9 Å². The average Bonchev–Trinajstić information content (AvgIpc) is 2.78. The third-order valence-electron chi connectivity index (χ3n) is 2.10. The molecule has 0 spiro atoms. The summed E-state index contributed by atoms with van der Waals surface area (Å²) in [5.74, 6) is -0.614. The van der Waals surface area contributed by atoms with Gasteiger partial charge in [0.1, 0.15) is 12.4 Å². The van der Waals surface area contributed by atoms with Crippen LogP contribution >= 0.6 is 11.3 Å². The summed E-state index contributed by atoms with van der Waals surface area (Å²) >= 11 is 1.54. The van der Waals surface area contributed by atoms with E-state index in [1.807, 2.05) is 16.8 Å². The number of rotatable bonds is 4. The van der Waals surface area contributed by atoms with E-state index in [0.717, 1.165) is 17.7 Å². The molecule has 0 aliphatic rings. The SMILES string of the molecule is O=[N+]([O-])c1ccc(OCc2ccsc2)cc1F. The zero-order valence-corrected chi connectivity index (χ0v) is 9.45. The van der Waals surface area contributed by atoms with Crippen molar-refractivity contribution in [1.82, 2.24) is 0 Å². The molecule has 2 rings (SSSR count). The summed E-state index contributed by atoms with van der Waals surface area (Å²) in [5.41, 5.74) is 0.432. The molecule has 88 valence electrons. The van der Waals surface area contributed by atoms with Gasteiger partial charge in [-0.2, -0.15) is 15.7 Å². The van der Waals surface area contributed by atoms with Crippen molar-refractivity contribution >= 4 is 17.0 Å². The van der Waals surface area contributed by atoms with Crippen LogP contribution in [0.2, 0.25) is 0 Å². The lowest BCUT2D eigenvalue weighted by Gasteiger charge is -2.04. The molecule has 2 aromatic rings. The maximum atomic E-state index is 13.2. The molecule has 1 heterocycles. The Morgan fingerprint density at radius 1 is 1.41 bits per heavy atom. The third kappa shape index (κ3) is 2.79. The Hall–Kier alpha value is -1.95. The number of nitrogens with zero attached hydrogens (tertiary/aromatic N) is 1. The van der Waals surface area contributed by atoms with Crippen molar-refractivity contribution < 1.29 is 14.1 Å². The molecule has 0 unspecified atom stereocenters. The molecule has 1 aromatic heterocycles. The van der Waals surface area contributed by atoms with Crippen LogP contribution in [-0.4, -0.2) is 4.92 Å². The second-order valence-corrected chi connectivity index (χ2v) is 4.07. The van der Waals surface area contributed by atoms with Crippen LogP contribution < -0.4 is 4.74 Å². The lowest BCUT2D eigenvalue weighted by Crippen LogP contribution is -1.96. The molecule has 0 aliphatic heterocycles. The Morgan fingerprint density at radius 3 is 2.82 bits per heavy atom. The van der Waals surface area contributed by atoms with Crippen LogP contribution in [0.1, 0.15) is 5.56 Å². The van der Waals surface area contributed by atoms with Crippen LogP contribution in [0.15, 0.2) is 35.0 Å². The van der Waals surface area contributed by atoms with E-state index in [-0.39, 0.29) is 5.75 Å². The van der Waals surface area contributed by atoms with Gasteiger partial charge < -0.3 is 4.74 Å². The number of thiophene rings is 1. The van der Waals surface area contributed by atoms with Gasteiger partial charge in [-0.1, -0.05) is 0 Å². The van der Waals surface area contributed by atoms with Crippen molar-refractivity contribution in [2.24, 2.45) is 0 Å². The van der Waals surface area contributed by atoms with E-state index in [9.17, 15) is 14.5 Å². The van der Waals surface area contributed by atoms with Gasteiger partial charge in [0.2, 0.25) is 5.82 Å². The highest BCUT2D eigenvalue weighted by Crippen LogP contribution is 2.23. The van der Waals surface area contributed by atoms with E-state index in [4.69, 9.17) is 4.74 Å². The lowest BCUT2D eigenvalue weighted by atomic mass is 10.3. The average molecular weight is 253 g/mol. The first-order valence-electron chi connectivity index (χ1n) is 4.74. The largest absolute Gasteiger partial charge is 0.489 e. The zero-order valence-electron chi connectivity index (χ0n) is 8.63. The van der Waals surface area contributed by atoms with E-state index >= 15 is 0 Å². The fourth-order valence-corrected chi connectivity index (χ4v) is 1.92. The summed E-state index contributed by atoms with van der Waals surface area (Å²) in [7, 11) is 0. The second kappa shape index (κ2) is 4.92. The number of nitro groups is 1. The Bertz CT molecular complexity index is 528. The van der Waals surface area contributed by atoms with Gasteiger partial charge in [-0.15, -0.1) is 0 Å². The summed E-state index contributed by atoms with van der Waals surface area (Å²) < 4.78 is 18.6. The van der Waals surface area contributed by atoms with Crippen molar-refractivity contribution in [1.29, 1.82) is 0 Å². The molecule has 1 aromatic carbocycles. The van der Waals surface area contributed by atoms with Crippen LogP contribution in [0.4, 0.5) is 10.1 Å². The van der Waals surface area contributed by atoms with Gasteiger partial charge in [-0.25, -0.2) is 0 Å². The molecule has 0 fully saturated rings. The minimum absolute atomic E-state index is 0.277. The van der Waals surface area contributed by atoms with E-state index in [1.165, 1.54) is 6.07 Å². The first kappa shape index (κ1) is 11.5. The monoisotopic (exact) mass is 253 g/mol. The van der Waals surface area contributed by atoms with E-state index in [1.54, 1.807) is 11.3 Å². The smallest absolute Gasteiger partial charge is 0.305 e. The Balaban J connectivity index is 2.07. The van der Waals surface area contributed by atoms with Crippen LogP contribution in [-0.2, 0) is 6.61 Å². The van der Waals surface area contributed by atoms with Gasteiger partial charge in [-0.3, -0.25) is 10.1 Å². The first-order chi connectivity index (χ1) is 8.16.